The summed E-state index contributed by atoms with van der Waals surface area (Å²) in [4.78, 5) is 36.2. The Bertz CT molecular complexity index is 589. The Kier molecular flexibility index (Phi) is 3.02. The van der Waals surface area contributed by atoms with E-state index in [9.17, 15) is 14.4 Å². The molecule has 0 aromatic rings. The number of carbonyl (C=O) groups excluding carboxylic acids is 3. The molecule has 22 heavy (non-hydrogen) atoms. The molecule has 0 N–H and O–H groups in total. The number of carbonyl (C=O) groups is 3. The smallest absolute Gasteiger partial charge is 0.155 e. The molecular weight excluding hydrogens is 276 g/mol. The van der Waals surface area contributed by atoms with Crippen molar-refractivity contribution >= 4 is 17.9 Å². The third kappa shape index (κ3) is 1.65. The molecule has 5 atom stereocenters. The summed E-state index contributed by atoms with van der Waals surface area (Å²) in [7, 11) is 0. The summed E-state index contributed by atoms with van der Waals surface area (Å²) in [5.74, 6) is 1.91. The SMILES string of the molecule is C[C@@]12CC[C@@H]3[C@@H](CCC4=CC(=O)CC[C@@]43C=O)[C@@H]1CCC2=O. The van der Waals surface area contributed by atoms with Crippen LogP contribution in [0, 0.1) is 28.6 Å². The van der Waals surface area contributed by atoms with Crippen molar-refractivity contribution < 1.29 is 14.4 Å². The molecule has 4 aliphatic carbocycles. The van der Waals surface area contributed by atoms with Crippen LogP contribution in [-0.2, 0) is 14.4 Å². The lowest BCUT2D eigenvalue weighted by atomic mass is 9.47. The first-order valence-corrected chi connectivity index (χ1v) is 8.75. The topological polar surface area (TPSA) is 51.2 Å². The van der Waals surface area contributed by atoms with Crippen LogP contribution in [0.3, 0.4) is 0 Å². The monoisotopic (exact) mass is 300 g/mol. The first-order valence-electron chi connectivity index (χ1n) is 8.75. The molecule has 0 heterocycles. The van der Waals surface area contributed by atoms with Crippen LogP contribution in [-0.4, -0.2) is 17.9 Å². The average Bonchev–Trinajstić information content (AvgIpc) is 2.82. The molecule has 3 nitrogen and oxygen atoms in total. The Balaban J connectivity index is 1.74. The number of fused-ring (bicyclic) bond motifs is 5. The number of allylic oxidation sites excluding steroid dienone is 1. The van der Waals surface area contributed by atoms with Gasteiger partial charge in [-0.15, -0.1) is 0 Å². The van der Waals surface area contributed by atoms with E-state index >= 15 is 0 Å². The fourth-order valence-electron chi connectivity index (χ4n) is 6.26. The van der Waals surface area contributed by atoms with Crippen LogP contribution in [0.4, 0.5) is 0 Å². The van der Waals surface area contributed by atoms with E-state index in [4.69, 9.17) is 0 Å². The van der Waals surface area contributed by atoms with E-state index in [1.54, 1.807) is 6.08 Å². The summed E-state index contributed by atoms with van der Waals surface area (Å²) in [6.45, 7) is 2.16. The maximum atomic E-state index is 12.4. The molecule has 0 unspecified atom stereocenters. The number of hydrogen-bond acceptors (Lipinski definition) is 3. The predicted molar refractivity (Wildman–Crippen MR) is 82.1 cm³/mol. The van der Waals surface area contributed by atoms with E-state index in [0.717, 1.165) is 50.4 Å². The molecule has 0 amide bonds. The minimum atomic E-state index is -0.399. The van der Waals surface area contributed by atoms with Crippen LogP contribution < -0.4 is 0 Å². The zero-order valence-corrected chi connectivity index (χ0v) is 13.3. The van der Waals surface area contributed by atoms with E-state index in [1.165, 1.54) is 0 Å². The minimum Gasteiger partial charge on any atom is -0.302 e. The zero-order chi connectivity index (χ0) is 15.5. The second kappa shape index (κ2) is 4.62. The molecule has 4 rings (SSSR count). The number of ketones is 2. The Morgan fingerprint density at radius 3 is 2.64 bits per heavy atom. The van der Waals surface area contributed by atoms with Gasteiger partial charge >= 0.3 is 0 Å². The Labute approximate surface area is 131 Å². The van der Waals surface area contributed by atoms with Gasteiger partial charge in [0.2, 0.25) is 0 Å². The first kappa shape index (κ1) is 14.3. The summed E-state index contributed by atoms with van der Waals surface area (Å²) >= 11 is 0. The molecule has 4 aliphatic rings. The maximum Gasteiger partial charge on any atom is 0.155 e. The third-order valence-electron chi connectivity index (χ3n) is 7.48. The minimum absolute atomic E-state index is 0.142. The number of rotatable bonds is 1. The van der Waals surface area contributed by atoms with Crippen molar-refractivity contribution in [3.8, 4) is 0 Å². The van der Waals surface area contributed by atoms with E-state index in [-0.39, 0.29) is 11.2 Å². The summed E-state index contributed by atoms with van der Waals surface area (Å²) in [5, 5.41) is 0. The van der Waals surface area contributed by atoms with Crippen molar-refractivity contribution in [2.75, 3.05) is 0 Å². The van der Waals surface area contributed by atoms with Gasteiger partial charge in [-0.2, -0.15) is 0 Å². The first-order chi connectivity index (χ1) is 10.5. The lowest BCUT2D eigenvalue weighted by Gasteiger charge is -2.55. The van der Waals surface area contributed by atoms with Gasteiger partial charge in [-0.1, -0.05) is 12.5 Å². The van der Waals surface area contributed by atoms with Crippen molar-refractivity contribution in [1.29, 1.82) is 0 Å². The van der Waals surface area contributed by atoms with Crippen molar-refractivity contribution in [3.63, 3.8) is 0 Å². The molecule has 0 bridgehead atoms. The number of aldehydes is 1. The molecule has 3 heteroatoms. The largest absolute Gasteiger partial charge is 0.302 e. The summed E-state index contributed by atoms with van der Waals surface area (Å²) in [6, 6.07) is 0. The standard InChI is InChI=1S/C19H24O3/c1-18-8-7-16-14(15(18)4-5-17(18)22)3-2-12-10-13(21)6-9-19(12,16)11-20/h10-11,14-16H,2-9H2,1H3/t14-,15-,16+,18+,19+/m0/s1. The summed E-state index contributed by atoms with van der Waals surface area (Å²) in [6.07, 6.45) is 9.65. The van der Waals surface area contributed by atoms with Gasteiger partial charge in [-0.05, 0) is 62.4 Å². The van der Waals surface area contributed by atoms with E-state index in [2.05, 4.69) is 6.92 Å². The highest BCUT2D eigenvalue weighted by molar-refractivity contribution is 5.93. The molecule has 118 valence electrons. The lowest BCUT2D eigenvalue weighted by Crippen LogP contribution is -2.52. The van der Waals surface area contributed by atoms with Crippen LogP contribution in [0.25, 0.3) is 0 Å². The number of hydrogen-bond donors (Lipinski definition) is 0. The van der Waals surface area contributed by atoms with Gasteiger partial charge in [0, 0.05) is 18.3 Å². The molecule has 0 spiro atoms. The van der Waals surface area contributed by atoms with Crippen LogP contribution in [0.5, 0.6) is 0 Å². The Hall–Kier alpha value is -1.25. The zero-order valence-electron chi connectivity index (χ0n) is 13.3. The van der Waals surface area contributed by atoms with E-state index in [0.29, 0.717) is 36.4 Å². The summed E-state index contributed by atoms with van der Waals surface area (Å²) in [5.41, 5.74) is 0.550. The van der Waals surface area contributed by atoms with Crippen LogP contribution in [0.1, 0.15) is 58.3 Å². The quantitative estimate of drug-likeness (QED) is 0.698. The molecule has 3 fully saturated rings. The van der Waals surface area contributed by atoms with Gasteiger partial charge < -0.3 is 4.79 Å². The lowest BCUT2D eigenvalue weighted by molar-refractivity contribution is -0.135. The fourth-order valence-corrected chi connectivity index (χ4v) is 6.26. The van der Waals surface area contributed by atoms with Crippen LogP contribution in [0.15, 0.2) is 11.6 Å². The van der Waals surface area contributed by atoms with Crippen LogP contribution in [0.2, 0.25) is 0 Å². The normalized spacial score (nSPS) is 47.3. The van der Waals surface area contributed by atoms with Gasteiger partial charge in [0.1, 0.15) is 12.1 Å². The molecule has 0 radical (unpaired) electrons. The predicted octanol–water partition coefficient (Wildman–Crippen LogP) is 3.27. The Morgan fingerprint density at radius 2 is 1.86 bits per heavy atom. The van der Waals surface area contributed by atoms with Gasteiger partial charge in [0.15, 0.2) is 5.78 Å². The number of Topliss-reactive ketones (excluding diaryl/α,β-unsaturated/α-hetero) is 1. The summed E-state index contributed by atoms with van der Waals surface area (Å²) < 4.78 is 0. The van der Waals surface area contributed by atoms with Gasteiger partial charge in [0.05, 0.1) is 5.41 Å². The van der Waals surface area contributed by atoms with Gasteiger partial charge in [-0.3, -0.25) is 9.59 Å². The highest BCUT2D eigenvalue weighted by Crippen LogP contribution is 2.63. The molecule has 0 aromatic carbocycles. The van der Waals surface area contributed by atoms with Crippen molar-refractivity contribution in [1.82, 2.24) is 0 Å². The molecule has 0 saturated heterocycles. The Morgan fingerprint density at radius 1 is 1.05 bits per heavy atom. The second-order valence-electron chi connectivity index (χ2n) is 8.13. The molecular formula is C19H24O3. The highest BCUT2D eigenvalue weighted by Gasteiger charge is 2.60. The van der Waals surface area contributed by atoms with Crippen molar-refractivity contribution in [2.24, 2.45) is 28.6 Å². The van der Waals surface area contributed by atoms with Gasteiger partial charge in [0.25, 0.3) is 0 Å². The molecule has 3 saturated carbocycles. The van der Waals surface area contributed by atoms with Crippen molar-refractivity contribution in [3.05, 3.63) is 11.6 Å². The third-order valence-corrected chi connectivity index (χ3v) is 7.48. The van der Waals surface area contributed by atoms with Crippen LogP contribution >= 0.6 is 0 Å². The molecule has 0 aromatic heterocycles. The van der Waals surface area contributed by atoms with Gasteiger partial charge in [-0.25, -0.2) is 0 Å². The second-order valence-corrected chi connectivity index (χ2v) is 8.13. The van der Waals surface area contributed by atoms with E-state index in [1.807, 2.05) is 0 Å². The fraction of sp³-hybridized carbons (Fsp3) is 0.737. The van der Waals surface area contributed by atoms with E-state index < -0.39 is 5.41 Å². The highest BCUT2D eigenvalue weighted by atomic mass is 16.1. The van der Waals surface area contributed by atoms with Crippen molar-refractivity contribution in [2.45, 2.75) is 58.3 Å². The maximum absolute atomic E-state index is 12.4. The average molecular weight is 300 g/mol. The molecule has 0 aliphatic heterocycles.